The lowest BCUT2D eigenvalue weighted by molar-refractivity contribution is 0.622. The number of hydrogen-bond donors (Lipinski definition) is 2. The van der Waals surface area contributed by atoms with Gasteiger partial charge in [-0.25, -0.2) is 9.37 Å². The molecule has 20 heavy (non-hydrogen) atoms. The second kappa shape index (κ2) is 6.80. The van der Waals surface area contributed by atoms with Gasteiger partial charge in [0.05, 0.1) is 12.0 Å². The van der Waals surface area contributed by atoms with Crippen LogP contribution in [0.5, 0.6) is 0 Å². The van der Waals surface area contributed by atoms with Crippen molar-refractivity contribution in [3.63, 3.8) is 0 Å². The van der Waals surface area contributed by atoms with E-state index in [1.807, 2.05) is 22.6 Å². The van der Waals surface area contributed by atoms with Crippen LogP contribution in [-0.4, -0.2) is 23.1 Å². The Bertz CT molecular complexity index is 646. The van der Waals surface area contributed by atoms with Gasteiger partial charge < -0.3 is 15.6 Å². The molecule has 3 N–H and O–H groups in total. The average Bonchev–Trinajstić information content (AvgIpc) is 2.45. The first-order valence-electron chi connectivity index (χ1n) is 6.10. The molecular weight excluding hydrogens is 374 g/mol. The van der Waals surface area contributed by atoms with Gasteiger partial charge in [-0.15, -0.1) is 0 Å². The molecule has 1 heterocycles. The van der Waals surface area contributed by atoms with Gasteiger partial charge in [-0.05, 0) is 47.7 Å². The van der Waals surface area contributed by atoms with Crippen LogP contribution in [0.2, 0.25) is 0 Å². The fraction of sp³-hybridized carbons (Fsp3) is 0.231. The van der Waals surface area contributed by atoms with Crippen molar-refractivity contribution in [1.29, 1.82) is 0 Å². The number of para-hydroxylation sites is 1. The summed E-state index contributed by atoms with van der Waals surface area (Å²) in [5, 5.41) is 0. The Labute approximate surface area is 129 Å². The van der Waals surface area contributed by atoms with Crippen LogP contribution >= 0.6 is 22.6 Å². The van der Waals surface area contributed by atoms with E-state index in [1.54, 1.807) is 23.1 Å². The zero-order valence-electron chi connectivity index (χ0n) is 10.6. The van der Waals surface area contributed by atoms with E-state index in [0.29, 0.717) is 34.6 Å². The molecule has 0 radical (unpaired) electrons. The lowest BCUT2D eigenvalue weighted by Crippen LogP contribution is -2.26. The number of halogens is 2. The second-order valence-corrected chi connectivity index (χ2v) is 5.19. The Balaban J connectivity index is 2.50. The van der Waals surface area contributed by atoms with Crippen molar-refractivity contribution < 1.29 is 4.39 Å². The third-order valence-corrected chi connectivity index (χ3v) is 3.74. The molecule has 1 aromatic heterocycles. The largest absolute Gasteiger partial charge is 0.330 e. The zero-order valence-corrected chi connectivity index (χ0v) is 12.8. The molecule has 0 aliphatic carbocycles. The summed E-state index contributed by atoms with van der Waals surface area (Å²) in [5.74, 6) is 0.0790. The zero-order chi connectivity index (χ0) is 14.5. The Morgan fingerprint density at radius 3 is 2.85 bits per heavy atom. The predicted octanol–water partition coefficient (Wildman–Crippen LogP) is 2.00. The van der Waals surface area contributed by atoms with Gasteiger partial charge in [0.15, 0.2) is 5.82 Å². The van der Waals surface area contributed by atoms with Crippen LogP contribution in [0.1, 0.15) is 6.42 Å². The standard InChI is InChI=1S/C13H14FIN4O/c14-9-4-1-2-5-10(9)19(7-3-6-16)12-11(15)13(20)18-8-17-12/h1-2,4-5,8H,3,6-7,16H2,(H,17,18,20). The highest BCUT2D eigenvalue weighted by Gasteiger charge is 2.18. The van der Waals surface area contributed by atoms with Crippen LogP contribution < -0.4 is 16.2 Å². The van der Waals surface area contributed by atoms with Gasteiger partial charge in [-0.2, -0.15) is 0 Å². The molecule has 2 rings (SSSR count). The summed E-state index contributed by atoms with van der Waals surface area (Å²) < 4.78 is 14.4. The molecule has 0 saturated heterocycles. The number of aromatic nitrogens is 2. The summed E-state index contributed by atoms with van der Waals surface area (Å²) in [5.41, 5.74) is 5.67. The molecule has 0 aliphatic heterocycles. The SMILES string of the molecule is NCCCN(c1ccccc1F)c1nc[nH]c(=O)c1I. The molecule has 0 unspecified atom stereocenters. The predicted molar refractivity (Wildman–Crippen MR) is 84.7 cm³/mol. The maximum atomic E-state index is 14.0. The maximum Gasteiger partial charge on any atom is 0.266 e. The van der Waals surface area contributed by atoms with Crippen LogP contribution in [0.4, 0.5) is 15.9 Å². The first kappa shape index (κ1) is 14.9. The van der Waals surface area contributed by atoms with Crippen molar-refractivity contribution in [3.8, 4) is 0 Å². The molecule has 2 aromatic rings. The summed E-state index contributed by atoms with van der Waals surface area (Å²) in [6.45, 7) is 0.967. The van der Waals surface area contributed by atoms with E-state index in [2.05, 4.69) is 9.97 Å². The molecule has 0 bridgehead atoms. The number of rotatable bonds is 5. The van der Waals surface area contributed by atoms with Gasteiger partial charge in [-0.1, -0.05) is 12.1 Å². The van der Waals surface area contributed by atoms with Gasteiger partial charge in [0.2, 0.25) is 0 Å². The first-order chi connectivity index (χ1) is 9.65. The number of hydrogen-bond acceptors (Lipinski definition) is 4. The number of nitrogens with two attached hydrogens (primary N) is 1. The summed E-state index contributed by atoms with van der Waals surface area (Å²) in [6, 6.07) is 6.40. The third-order valence-electron chi connectivity index (χ3n) is 2.76. The summed E-state index contributed by atoms with van der Waals surface area (Å²) in [4.78, 5) is 20.0. The molecule has 7 heteroatoms. The normalized spacial score (nSPS) is 10.6. The van der Waals surface area contributed by atoms with Crippen LogP contribution in [0.3, 0.4) is 0 Å². The highest BCUT2D eigenvalue weighted by molar-refractivity contribution is 14.1. The van der Waals surface area contributed by atoms with Crippen molar-refractivity contribution in [2.75, 3.05) is 18.0 Å². The smallest absolute Gasteiger partial charge is 0.266 e. The minimum Gasteiger partial charge on any atom is -0.330 e. The van der Waals surface area contributed by atoms with Crippen molar-refractivity contribution in [1.82, 2.24) is 9.97 Å². The maximum absolute atomic E-state index is 14.0. The molecule has 0 spiro atoms. The van der Waals surface area contributed by atoms with Crippen molar-refractivity contribution in [2.45, 2.75) is 6.42 Å². The summed E-state index contributed by atoms with van der Waals surface area (Å²) in [6.07, 6.45) is 1.98. The first-order valence-corrected chi connectivity index (χ1v) is 7.18. The fourth-order valence-electron chi connectivity index (χ4n) is 1.82. The molecule has 0 atom stereocenters. The molecule has 1 aromatic carbocycles. The third kappa shape index (κ3) is 3.15. The molecule has 106 valence electrons. The van der Waals surface area contributed by atoms with Gasteiger partial charge in [0.1, 0.15) is 9.39 Å². The van der Waals surface area contributed by atoms with Gasteiger partial charge in [0.25, 0.3) is 5.56 Å². The molecule has 0 amide bonds. The molecule has 0 aliphatic rings. The van der Waals surface area contributed by atoms with Crippen LogP contribution in [0, 0.1) is 9.39 Å². The van der Waals surface area contributed by atoms with Gasteiger partial charge in [0, 0.05) is 6.54 Å². The number of anilines is 2. The molecular formula is C13H14FIN4O. The quantitative estimate of drug-likeness (QED) is 0.769. The van der Waals surface area contributed by atoms with E-state index in [9.17, 15) is 9.18 Å². The Morgan fingerprint density at radius 2 is 2.15 bits per heavy atom. The van der Waals surface area contributed by atoms with E-state index in [4.69, 9.17) is 5.73 Å². The Kier molecular flexibility index (Phi) is 5.07. The van der Waals surface area contributed by atoms with Crippen LogP contribution in [-0.2, 0) is 0 Å². The lowest BCUT2D eigenvalue weighted by atomic mass is 10.2. The highest BCUT2D eigenvalue weighted by Crippen LogP contribution is 2.28. The average molecular weight is 388 g/mol. The minimum absolute atomic E-state index is 0.246. The highest BCUT2D eigenvalue weighted by atomic mass is 127. The molecule has 5 nitrogen and oxygen atoms in total. The van der Waals surface area contributed by atoms with Crippen molar-refractivity contribution in [2.24, 2.45) is 5.73 Å². The number of nitrogens with zero attached hydrogens (tertiary/aromatic N) is 2. The number of aromatic amines is 1. The lowest BCUT2D eigenvalue weighted by Gasteiger charge is -2.24. The van der Waals surface area contributed by atoms with Crippen molar-refractivity contribution in [3.05, 3.63) is 50.3 Å². The topological polar surface area (TPSA) is 75.0 Å². The number of benzene rings is 1. The fourth-order valence-corrected chi connectivity index (χ4v) is 2.41. The second-order valence-electron chi connectivity index (χ2n) is 4.11. The molecule has 0 fully saturated rings. The van der Waals surface area contributed by atoms with E-state index in [1.165, 1.54) is 12.4 Å². The number of nitrogens with one attached hydrogen (secondary N) is 1. The Morgan fingerprint density at radius 1 is 1.40 bits per heavy atom. The van der Waals surface area contributed by atoms with Crippen LogP contribution in [0.25, 0.3) is 0 Å². The van der Waals surface area contributed by atoms with Gasteiger partial charge in [-0.3, -0.25) is 4.79 Å². The summed E-state index contributed by atoms with van der Waals surface area (Å²) >= 11 is 1.91. The van der Waals surface area contributed by atoms with Gasteiger partial charge >= 0.3 is 0 Å². The minimum atomic E-state index is -0.359. The van der Waals surface area contributed by atoms with Crippen LogP contribution in [0.15, 0.2) is 35.4 Å². The summed E-state index contributed by atoms with van der Waals surface area (Å²) in [7, 11) is 0. The molecule has 0 saturated carbocycles. The van der Waals surface area contributed by atoms with Crippen molar-refractivity contribution >= 4 is 34.1 Å². The van der Waals surface area contributed by atoms with E-state index >= 15 is 0 Å². The van der Waals surface area contributed by atoms with E-state index < -0.39 is 0 Å². The van der Waals surface area contributed by atoms with E-state index in [-0.39, 0.29) is 11.4 Å². The Hall–Kier alpha value is -1.48. The number of H-pyrrole nitrogens is 1. The monoisotopic (exact) mass is 388 g/mol. The van der Waals surface area contributed by atoms with E-state index in [0.717, 1.165) is 0 Å².